The summed E-state index contributed by atoms with van der Waals surface area (Å²) in [6, 6.07) is 0. The molecule has 0 aliphatic heterocycles. The smallest absolute Gasteiger partial charge is 0.0580 e. The van der Waals surface area contributed by atoms with Crippen molar-refractivity contribution in [1.82, 2.24) is 0 Å². The summed E-state index contributed by atoms with van der Waals surface area (Å²) in [5.74, 6) is 0.306. The fourth-order valence-corrected chi connectivity index (χ4v) is 1.13. The maximum Gasteiger partial charge on any atom is 0.0580 e. The van der Waals surface area contributed by atoms with Gasteiger partial charge >= 0.3 is 0 Å². The maximum atomic E-state index is 9.43. The van der Waals surface area contributed by atoms with E-state index in [2.05, 4.69) is 13.8 Å². The average molecular weight is 145 g/mol. The van der Waals surface area contributed by atoms with Gasteiger partial charge in [0.05, 0.1) is 6.10 Å². The second-order valence-corrected chi connectivity index (χ2v) is 2.76. The summed E-state index contributed by atoms with van der Waals surface area (Å²) in [5.41, 5.74) is 5.45. The van der Waals surface area contributed by atoms with Gasteiger partial charge in [-0.15, -0.1) is 0 Å². The molecule has 0 saturated carbocycles. The van der Waals surface area contributed by atoms with E-state index in [1.165, 1.54) is 0 Å². The van der Waals surface area contributed by atoms with Gasteiger partial charge in [-0.05, 0) is 25.3 Å². The summed E-state index contributed by atoms with van der Waals surface area (Å²) in [7, 11) is 0. The van der Waals surface area contributed by atoms with Crippen LogP contribution in [0, 0.1) is 5.92 Å². The predicted molar refractivity (Wildman–Crippen MR) is 43.8 cm³/mol. The fraction of sp³-hybridized carbons (Fsp3) is 1.00. The molecule has 0 spiro atoms. The fourth-order valence-electron chi connectivity index (χ4n) is 1.13. The van der Waals surface area contributed by atoms with Crippen molar-refractivity contribution in [2.75, 3.05) is 6.54 Å². The van der Waals surface area contributed by atoms with E-state index in [4.69, 9.17) is 5.73 Å². The van der Waals surface area contributed by atoms with Crippen LogP contribution >= 0.6 is 0 Å². The van der Waals surface area contributed by atoms with Crippen LogP contribution in [-0.2, 0) is 0 Å². The molecule has 2 nitrogen and oxygen atoms in total. The number of rotatable bonds is 5. The van der Waals surface area contributed by atoms with Crippen molar-refractivity contribution < 1.29 is 5.11 Å². The Morgan fingerprint density at radius 3 is 2.30 bits per heavy atom. The van der Waals surface area contributed by atoms with E-state index >= 15 is 0 Å². The zero-order valence-corrected chi connectivity index (χ0v) is 7.01. The minimum absolute atomic E-state index is 0.181. The molecule has 0 aliphatic carbocycles. The Hall–Kier alpha value is -0.0800. The Bertz CT molecular complexity index is 71.7. The molecule has 3 N–H and O–H groups in total. The van der Waals surface area contributed by atoms with Crippen LogP contribution in [-0.4, -0.2) is 17.8 Å². The molecule has 0 aromatic rings. The highest BCUT2D eigenvalue weighted by atomic mass is 16.3. The summed E-state index contributed by atoms with van der Waals surface area (Å²) in [6.07, 6.45) is 2.73. The molecule has 0 bridgehead atoms. The second-order valence-electron chi connectivity index (χ2n) is 2.76. The highest BCUT2D eigenvalue weighted by molar-refractivity contribution is 4.67. The van der Waals surface area contributed by atoms with Gasteiger partial charge in [0.15, 0.2) is 0 Å². The highest BCUT2D eigenvalue weighted by Gasteiger charge is 2.13. The van der Waals surface area contributed by atoms with E-state index < -0.39 is 0 Å². The molecule has 0 fully saturated rings. The lowest BCUT2D eigenvalue weighted by molar-refractivity contribution is 0.0997. The van der Waals surface area contributed by atoms with Crippen molar-refractivity contribution in [3.63, 3.8) is 0 Å². The van der Waals surface area contributed by atoms with Crippen molar-refractivity contribution in [3.8, 4) is 0 Å². The Morgan fingerprint density at radius 1 is 1.40 bits per heavy atom. The van der Waals surface area contributed by atoms with Gasteiger partial charge in [0.1, 0.15) is 0 Å². The molecule has 0 aromatic carbocycles. The first-order chi connectivity index (χ1) is 4.76. The van der Waals surface area contributed by atoms with Crippen LogP contribution in [0.25, 0.3) is 0 Å². The lowest BCUT2D eigenvalue weighted by Crippen LogP contribution is -2.26. The Morgan fingerprint density at radius 2 is 2.00 bits per heavy atom. The molecule has 0 saturated heterocycles. The first kappa shape index (κ1) is 9.92. The van der Waals surface area contributed by atoms with Crippen LogP contribution in [0.3, 0.4) is 0 Å². The molecule has 2 atom stereocenters. The van der Waals surface area contributed by atoms with Gasteiger partial charge in [-0.1, -0.05) is 20.3 Å². The van der Waals surface area contributed by atoms with Crippen LogP contribution in [0.1, 0.15) is 33.1 Å². The third-order valence-electron chi connectivity index (χ3n) is 1.96. The molecular formula is C8H19NO. The van der Waals surface area contributed by atoms with Gasteiger partial charge in [0.25, 0.3) is 0 Å². The van der Waals surface area contributed by atoms with Crippen molar-refractivity contribution in [2.45, 2.75) is 39.2 Å². The predicted octanol–water partition coefficient (Wildman–Crippen LogP) is 1.13. The maximum absolute atomic E-state index is 9.43. The van der Waals surface area contributed by atoms with E-state index in [9.17, 15) is 5.11 Å². The molecule has 2 unspecified atom stereocenters. The Labute approximate surface area is 63.4 Å². The topological polar surface area (TPSA) is 46.2 Å². The number of aliphatic hydroxyl groups is 1. The monoisotopic (exact) mass is 145 g/mol. The summed E-state index contributed by atoms with van der Waals surface area (Å²) in [5, 5.41) is 9.43. The van der Waals surface area contributed by atoms with Crippen molar-refractivity contribution in [1.29, 1.82) is 0 Å². The van der Waals surface area contributed by atoms with E-state index in [0.717, 1.165) is 19.3 Å². The average Bonchev–Trinajstić information content (AvgIpc) is 1.91. The van der Waals surface area contributed by atoms with Gasteiger partial charge < -0.3 is 10.8 Å². The number of nitrogens with two attached hydrogens (primary N) is 1. The third kappa shape index (κ3) is 3.18. The molecule has 0 aromatic heterocycles. The molecule has 62 valence electrons. The van der Waals surface area contributed by atoms with E-state index in [-0.39, 0.29) is 6.10 Å². The van der Waals surface area contributed by atoms with Gasteiger partial charge in [-0.3, -0.25) is 0 Å². The molecule has 10 heavy (non-hydrogen) atoms. The lowest BCUT2D eigenvalue weighted by Gasteiger charge is -2.18. The normalized spacial score (nSPS) is 16.8. The summed E-state index contributed by atoms with van der Waals surface area (Å²) < 4.78 is 0. The standard InChI is InChI=1S/C8H19NO/c1-3-5-8(10)7(4-2)6-9/h7-8,10H,3-6,9H2,1-2H3. The van der Waals surface area contributed by atoms with Crippen LogP contribution < -0.4 is 5.73 Å². The first-order valence-corrected chi connectivity index (χ1v) is 4.14. The molecule has 0 amide bonds. The van der Waals surface area contributed by atoms with Crippen LogP contribution in [0.15, 0.2) is 0 Å². The van der Waals surface area contributed by atoms with E-state index in [1.807, 2.05) is 0 Å². The molecule has 0 radical (unpaired) electrons. The molecule has 0 heterocycles. The van der Waals surface area contributed by atoms with Crippen LogP contribution in [0.2, 0.25) is 0 Å². The molecule has 2 heteroatoms. The molecular weight excluding hydrogens is 126 g/mol. The first-order valence-electron chi connectivity index (χ1n) is 4.14. The van der Waals surface area contributed by atoms with Crippen molar-refractivity contribution in [3.05, 3.63) is 0 Å². The zero-order valence-electron chi connectivity index (χ0n) is 7.01. The molecule has 0 rings (SSSR count). The minimum Gasteiger partial charge on any atom is -0.393 e. The minimum atomic E-state index is -0.181. The Balaban J connectivity index is 3.53. The lowest BCUT2D eigenvalue weighted by atomic mass is 9.96. The molecule has 0 aliphatic rings. The Kier molecular flexibility index (Phi) is 5.64. The van der Waals surface area contributed by atoms with Crippen LogP contribution in [0.5, 0.6) is 0 Å². The van der Waals surface area contributed by atoms with Gasteiger partial charge in [0.2, 0.25) is 0 Å². The summed E-state index contributed by atoms with van der Waals surface area (Å²) >= 11 is 0. The second kappa shape index (κ2) is 5.69. The van der Waals surface area contributed by atoms with Crippen molar-refractivity contribution in [2.24, 2.45) is 11.7 Å². The van der Waals surface area contributed by atoms with Crippen molar-refractivity contribution >= 4 is 0 Å². The number of hydrogen-bond donors (Lipinski definition) is 2. The van der Waals surface area contributed by atoms with Crippen LogP contribution in [0.4, 0.5) is 0 Å². The van der Waals surface area contributed by atoms with E-state index in [1.54, 1.807) is 0 Å². The quantitative estimate of drug-likeness (QED) is 0.609. The van der Waals surface area contributed by atoms with Gasteiger partial charge in [-0.25, -0.2) is 0 Å². The zero-order chi connectivity index (χ0) is 7.98. The third-order valence-corrected chi connectivity index (χ3v) is 1.96. The SMILES string of the molecule is CCCC(O)C(CC)CN. The number of hydrogen-bond acceptors (Lipinski definition) is 2. The van der Waals surface area contributed by atoms with Gasteiger partial charge in [0, 0.05) is 0 Å². The summed E-state index contributed by atoms with van der Waals surface area (Å²) in [6.45, 7) is 4.75. The van der Waals surface area contributed by atoms with Gasteiger partial charge in [-0.2, -0.15) is 0 Å². The largest absolute Gasteiger partial charge is 0.393 e. The summed E-state index contributed by atoms with van der Waals surface area (Å²) in [4.78, 5) is 0. The van der Waals surface area contributed by atoms with E-state index in [0.29, 0.717) is 12.5 Å². The highest BCUT2D eigenvalue weighted by Crippen LogP contribution is 2.11. The number of aliphatic hydroxyl groups excluding tert-OH is 1.